The third-order valence-corrected chi connectivity index (χ3v) is 9.52. The molecule has 1 aliphatic heterocycles. The molecule has 0 saturated carbocycles. The van der Waals surface area contributed by atoms with Crippen molar-refractivity contribution in [2.24, 2.45) is 0 Å². The van der Waals surface area contributed by atoms with Crippen molar-refractivity contribution in [1.29, 1.82) is 0 Å². The van der Waals surface area contributed by atoms with E-state index in [2.05, 4.69) is 121 Å². The normalized spacial score (nSPS) is 13.3. The molecule has 0 amide bonds. The minimum absolute atomic E-state index is 0.216. The Morgan fingerprint density at radius 1 is 0.479 bits per heavy atom. The second-order valence-corrected chi connectivity index (χ2v) is 12.7. The molecule has 0 fully saturated rings. The summed E-state index contributed by atoms with van der Waals surface area (Å²) in [4.78, 5) is 21.6. The quantitative estimate of drug-likeness (QED) is 0.184. The number of pyridine rings is 1. The third-order valence-electron chi connectivity index (χ3n) is 9.52. The van der Waals surface area contributed by atoms with Gasteiger partial charge < -0.3 is 4.90 Å². The van der Waals surface area contributed by atoms with E-state index in [4.69, 9.17) is 15.0 Å². The molecular weight excluding hydrogens is 587 g/mol. The summed E-state index contributed by atoms with van der Waals surface area (Å²) < 4.78 is 0. The van der Waals surface area contributed by atoms with E-state index in [1.807, 2.05) is 48.5 Å². The third kappa shape index (κ3) is 4.39. The zero-order chi connectivity index (χ0) is 32.2. The molecule has 6 aromatic carbocycles. The average Bonchev–Trinajstić information content (AvgIpc) is 3.15. The highest BCUT2D eigenvalue weighted by Crippen LogP contribution is 2.56. The van der Waals surface area contributed by atoms with Crippen LogP contribution in [0.2, 0.25) is 0 Å². The number of hydrogen-bond acceptors (Lipinski definition) is 5. The number of aromatic nitrogens is 4. The lowest BCUT2D eigenvalue weighted by atomic mass is 9.70. The monoisotopic (exact) mass is 617 g/mol. The number of rotatable bonds is 4. The van der Waals surface area contributed by atoms with Gasteiger partial charge in [-0.3, -0.25) is 4.98 Å². The summed E-state index contributed by atoms with van der Waals surface area (Å²) in [7, 11) is 0. The zero-order valence-electron chi connectivity index (χ0n) is 26.7. The summed E-state index contributed by atoms with van der Waals surface area (Å²) >= 11 is 0. The Kier molecular flexibility index (Phi) is 6.40. The Morgan fingerprint density at radius 2 is 1.04 bits per heavy atom. The van der Waals surface area contributed by atoms with Gasteiger partial charge in [0.05, 0.1) is 11.4 Å². The van der Waals surface area contributed by atoms with Gasteiger partial charge in [-0.05, 0) is 69.8 Å². The molecule has 0 bridgehead atoms. The van der Waals surface area contributed by atoms with E-state index in [0.29, 0.717) is 23.2 Å². The second kappa shape index (κ2) is 11.0. The fourth-order valence-corrected chi connectivity index (χ4v) is 7.30. The first-order valence-electron chi connectivity index (χ1n) is 16.2. The molecular formula is C43H31N5. The van der Waals surface area contributed by atoms with Crippen molar-refractivity contribution < 1.29 is 0 Å². The lowest BCUT2D eigenvalue weighted by Gasteiger charge is -2.43. The molecule has 0 aliphatic carbocycles. The first-order valence-corrected chi connectivity index (χ1v) is 16.2. The SMILES string of the molecule is CC1(C)c2ccccc2N(c2ccc(-c3nc(-c4ccccc4)nc(-c4ccccn4)n3)cc2)c2c1c1ccccc1c1ccccc21. The number of nitrogens with zero attached hydrogens (tertiary/aromatic N) is 5. The van der Waals surface area contributed by atoms with E-state index in [0.717, 1.165) is 16.8 Å². The first-order chi connectivity index (χ1) is 23.6. The number of benzene rings is 6. The molecule has 5 heteroatoms. The van der Waals surface area contributed by atoms with Gasteiger partial charge in [-0.2, -0.15) is 0 Å². The van der Waals surface area contributed by atoms with Crippen LogP contribution in [0, 0.1) is 0 Å². The van der Waals surface area contributed by atoms with E-state index in [1.165, 1.54) is 44.0 Å². The van der Waals surface area contributed by atoms with Gasteiger partial charge >= 0.3 is 0 Å². The van der Waals surface area contributed by atoms with Crippen molar-refractivity contribution in [3.8, 4) is 34.3 Å². The molecule has 0 spiro atoms. The smallest absolute Gasteiger partial charge is 0.182 e. The fourth-order valence-electron chi connectivity index (χ4n) is 7.30. The molecule has 0 unspecified atom stereocenters. The summed E-state index contributed by atoms with van der Waals surface area (Å²) in [5.74, 6) is 1.76. The minimum atomic E-state index is -0.216. The van der Waals surface area contributed by atoms with Crippen molar-refractivity contribution in [3.05, 3.63) is 163 Å². The van der Waals surface area contributed by atoms with Crippen LogP contribution in [-0.4, -0.2) is 19.9 Å². The maximum absolute atomic E-state index is 4.94. The van der Waals surface area contributed by atoms with Crippen molar-refractivity contribution in [3.63, 3.8) is 0 Å². The average molecular weight is 618 g/mol. The highest BCUT2D eigenvalue weighted by molar-refractivity contribution is 6.18. The fraction of sp³-hybridized carbons (Fsp3) is 0.0698. The largest absolute Gasteiger partial charge is 0.309 e. The Hall–Kier alpha value is -6.20. The van der Waals surface area contributed by atoms with Gasteiger partial charge in [-0.25, -0.2) is 15.0 Å². The summed E-state index contributed by atoms with van der Waals surface area (Å²) in [5.41, 5.74) is 8.45. The van der Waals surface area contributed by atoms with Crippen LogP contribution in [0.3, 0.4) is 0 Å². The topological polar surface area (TPSA) is 54.8 Å². The van der Waals surface area contributed by atoms with Gasteiger partial charge in [0.2, 0.25) is 0 Å². The predicted molar refractivity (Wildman–Crippen MR) is 196 cm³/mol. The van der Waals surface area contributed by atoms with Crippen molar-refractivity contribution in [1.82, 2.24) is 19.9 Å². The molecule has 1 aliphatic rings. The Bertz CT molecular complexity index is 2410. The molecule has 5 nitrogen and oxygen atoms in total. The summed E-state index contributed by atoms with van der Waals surface area (Å²) in [6.07, 6.45) is 1.76. The van der Waals surface area contributed by atoms with Crippen molar-refractivity contribution >= 4 is 38.6 Å². The number of para-hydroxylation sites is 1. The standard InChI is InChI=1S/C43H31N5/c1-43(2)35-20-10-11-22-37(35)48(39-34-19-9-7-17-32(34)31-16-6-8-18-33(31)38(39)43)30-25-23-29(24-26-30)41-45-40(28-14-4-3-5-15-28)46-42(47-41)36-21-12-13-27-44-36/h3-27H,1-2H3. The highest BCUT2D eigenvalue weighted by atomic mass is 15.2. The maximum atomic E-state index is 4.94. The summed E-state index contributed by atoms with van der Waals surface area (Å²) in [6, 6.07) is 50.9. The molecule has 8 aromatic rings. The molecule has 3 heterocycles. The van der Waals surface area contributed by atoms with Crippen LogP contribution in [-0.2, 0) is 5.41 Å². The number of anilines is 3. The predicted octanol–water partition coefficient (Wildman–Crippen LogP) is 10.7. The minimum Gasteiger partial charge on any atom is -0.309 e. The van der Waals surface area contributed by atoms with E-state index in [-0.39, 0.29) is 5.41 Å². The maximum Gasteiger partial charge on any atom is 0.182 e. The summed E-state index contributed by atoms with van der Waals surface area (Å²) in [6.45, 7) is 4.72. The molecule has 0 N–H and O–H groups in total. The van der Waals surface area contributed by atoms with Gasteiger partial charge in [0, 0.05) is 33.8 Å². The van der Waals surface area contributed by atoms with Crippen molar-refractivity contribution in [2.45, 2.75) is 19.3 Å². The highest BCUT2D eigenvalue weighted by Gasteiger charge is 2.39. The van der Waals surface area contributed by atoms with Crippen LogP contribution in [0.4, 0.5) is 17.1 Å². The molecule has 48 heavy (non-hydrogen) atoms. The van der Waals surface area contributed by atoms with E-state index < -0.39 is 0 Å². The van der Waals surface area contributed by atoms with Gasteiger partial charge in [0.25, 0.3) is 0 Å². The number of fused-ring (bicyclic) bond motifs is 7. The molecule has 2 aromatic heterocycles. The van der Waals surface area contributed by atoms with Crippen LogP contribution in [0.1, 0.15) is 25.0 Å². The lowest BCUT2D eigenvalue weighted by molar-refractivity contribution is 0.639. The zero-order valence-corrected chi connectivity index (χ0v) is 26.7. The van der Waals surface area contributed by atoms with E-state index in [9.17, 15) is 0 Å². The van der Waals surface area contributed by atoms with E-state index in [1.54, 1.807) is 6.20 Å². The van der Waals surface area contributed by atoms with Crippen LogP contribution < -0.4 is 4.90 Å². The Balaban J connectivity index is 1.24. The molecule has 0 saturated heterocycles. The molecule has 0 radical (unpaired) electrons. The lowest BCUT2D eigenvalue weighted by Crippen LogP contribution is -2.31. The number of hydrogen-bond donors (Lipinski definition) is 0. The molecule has 9 rings (SSSR count). The van der Waals surface area contributed by atoms with Crippen LogP contribution >= 0.6 is 0 Å². The van der Waals surface area contributed by atoms with Gasteiger partial charge in [0.15, 0.2) is 17.5 Å². The van der Waals surface area contributed by atoms with Crippen LogP contribution in [0.5, 0.6) is 0 Å². The second-order valence-electron chi connectivity index (χ2n) is 12.7. The summed E-state index contributed by atoms with van der Waals surface area (Å²) in [5, 5.41) is 5.06. The van der Waals surface area contributed by atoms with Gasteiger partial charge in [-0.15, -0.1) is 0 Å². The Morgan fingerprint density at radius 3 is 1.75 bits per heavy atom. The van der Waals surface area contributed by atoms with Crippen LogP contribution in [0.25, 0.3) is 55.8 Å². The molecule has 228 valence electrons. The van der Waals surface area contributed by atoms with Crippen molar-refractivity contribution in [2.75, 3.05) is 4.90 Å². The first kappa shape index (κ1) is 28.1. The molecule has 0 atom stereocenters. The van der Waals surface area contributed by atoms with Gasteiger partial charge in [0.1, 0.15) is 5.69 Å². The van der Waals surface area contributed by atoms with Crippen LogP contribution in [0.15, 0.2) is 152 Å². The van der Waals surface area contributed by atoms with E-state index >= 15 is 0 Å². The Labute approximate surface area is 279 Å². The van der Waals surface area contributed by atoms with Gasteiger partial charge in [-0.1, -0.05) is 117 Å².